The standard InChI is InChI=1S/C17H20ClNO2/c1-11-8-13(12(2)19)4-6-16(11)21-10-14-9-15(18)5-7-17(14)20-3/h4-9,12H,10,19H2,1-3H3/t12-/m1/s1. The number of nitrogens with two attached hydrogens (primary N) is 1. The number of ether oxygens (including phenoxy) is 2. The molecule has 112 valence electrons. The molecule has 0 saturated carbocycles. The van der Waals surface area contributed by atoms with E-state index in [1.54, 1.807) is 13.2 Å². The van der Waals surface area contributed by atoms with Crippen molar-refractivity contribution in [3.05, 3.63) is 58.1 Å². The van der Waals surface area contributed by atoms with Gasteiger partial charge in [0.25, 0.3) is 0 Å². The van der Waals surface area contributed by atoms with Crippen molar-refractivity contribution in [2.24, 2.45) is 5.73 Å². The third-order valence-corrected chi connectivity index (χ3v) is 3.59. The molecule has 21 heavy (non-hydrogen) atoms. The molecule has 4 heteroatoms. The van der Waals surface area contributed by atoms with E-state index in [1.807, 2.05) is 38.1 Å². The second-order valence-corrected chi connectivity index (χ2v) is 5.49. The molecule has 1 atom stereocenters. The Bertz CT molecular complexity index is 626. The summed E-state index contributed by atoms with van der Waals surface area (Å²) in [6, 6.07) is 11.5. The van der Waals surface area contributed by atoms with Crippen LogP contribution in [0.4, 0.5) is 0 Å². The molecule has 3 nitrogen and oxygen atoms in total. The molecule has 0 aliphatic heterocycles. The first-order valence-electron chi connectivity index (χ1n) is 6.82. The van der Waals surface area contributed by atoms with E-state index in [-0.39, 0.29) is 6.04 Å². The lowest BCUT2D eigenvalue weighted by Gasteiger charge is -2.14. The molecule has 0 radical (unpaired) electrons. The zero-order valence-electron chi connectivity index (χ0n) is 12.5. The number of hydrogen-bond donors (Lipinski definition) is 1. The molecular weight excluding hydrogens is 286 g/mol. The van der Waals surface area contributed by atoms with E-state index in [4.69, 9.17) is 26.8 Å². The quantitative estimate of drug-likeness (QED) is 0.898. The van der Waals surface area contributed by atoms with Crippen molar-refractivity contribution in [2.45, 2.75) is 26.5 Å². The van der Waals surface area contributed by atoms with Gasteiger partial charge in [0.15, 0.2) is 0 Å². The van der Waals surface area contributed by atoms with Crippen LogP contribution < -0.4 is 15.2 Å². The summed E-state index contributed by atoms with van der Waals surface area (Å²) in [5.74, 6) is 1.60. The maximum atomic E-state index is 6.02. The molecule has 2 aromatic carbocycles. The Labute approximate surface area is 130 Å². The number of methoxy groups -OCH3 is 1. The molecule has 0 unspecified atom stereocenters. The maximum absolute atomic E-state index is 6.02. The van der Waals surface area contributed by atoms with E-state index in [1.165, 1.54) is 0 Å². The normalized spacial score (nSPS) is 12.0. The maximum Gasteiger partial charge on any atom is 0.125 e. The van der Waals surface area contributed by atoms with E-state index >= 15 is 0 Å². The Morgan fingerprint density at radius 3 is 2.48 bits per heavy atom. The van der Waals surface area contributed by atoms with Crippen LogP contribution >= 0.6 is 11.6 Å². The lowest BCUT2D eigenvalue weighted by Crippen LogP contribution is -2.06. The predicted octanol–water partition coefficient (Wildman–Crippen LogP) is 4.26. The lowest BCUT2D eigenvalue weighted by molar-refractivity contribution is 0.294. The summed E-state index contributed by atoms with van der Waals surface area (Å²) in [6.07, 6.45) is 0. The van der Waals surface area contributed by atoms with Crippen molar-refractivity contribution in [3.8, 4) is 11.5 Å². The van der Waals surface area contributed by atoms with Gasteiger partial charge in [-0.2, -0.15) is 0 Å². The van der Waals surface area contributed by atoms with E-state index in [2.05, 4.69) is 6.07 Å². The van der Waals surface area contributed by atoms with Crippen molar-refractivity contribution in [2.75, 3.05) is 7.11 Å². The largest absolute Gasteiger partial charge is 0.496 e. The summed E-state index contributed by atoms with van der Waals surface area (Å²) in [6.45, 7) is 4.38. The van der Waals surface area contributed by atoms with Gasteiger partial charge >= 0.3 is 0 Å². The van der Waals surface area contributed by atoms with E-state index in [0.717, 1.165) is 28.2 Å². The first-order valence-corrected chi connectivity index (χ1v) is 7.20. The number of aryl methyl sites for hydroxylation is 1. The van der Waals surface area contributed by atoms with Crippen molar-refractivity contribution in [3.63, 3.8) is 0 Å². The van der Waals surface area contributed by atoms with Crippen LogP contribution in [-0.2, 0) is 6.61 Å². The number of halogens is 1. The highest BCUT2D eigenvalue weighted by molar-refractivity contribution is 6.30. The van der Waals surface area contributed by atoms with Crippen molar-refractivity contribution in [1.82, 2.24) is 0 Å². The van der Waals surface area contributed by atoms with Gasteiger partial charge in [-0.1, -0.05) is 23.7 Å². The van der Waals surface area contributed by atoms with Gasteiger partial charge in [-0.15, -0.1) is 0 Å². The van der Waals surface area contributed by atoms with Crippen LogP contribution in [0.2, 0.25) is 5.02 Å². The molecule has 0 heterocycles. The van der Waals surface area contributed by atoms with Crippen LogP contribution in [0, 0.1) is 6.92 Å². The van der Waals surface area contributed by atoms with E-state index in [0.29, 0.717) is 11.6 Å². The fourth-order valence-electron chi connectivity index (χ4n) is 2.13. The SMILES string of the molecule is COc1ccc(Cl)cc1COc1ccc([C@@H](C)N)cc1C. The minimum absolute atomic E-state index is 0.0192. The topological polar surface area (TPSA) is 44.5 Å². The molecule has 0 aromatic heterocycles. The third-order valence-electron chi connectivity index (χ3n) is 3.35. The van der Waals surface area contributed by atoms with Gasteiger partial charge in [0, 0.05) is 16.6 Å². The van der Waals surface area contributed by atoms with Gasteiger partial charge < -0.3 is 15.2 Å². The van der Waals surface area contributed by atoms with E-state index < -0.39 is 0 Å². The Hall–Kier alpha value is -1.71. The molecule has 0 spiro atoms. The number of rotatable bonds is 5. The summed E-state index contributed by atoms with van der Waals surface area (Å²) >= 11 is 6.02. The van der Waals surface area contributed by atoms with E-state index in [9.17, 15) is 0 Å². The van der Waals surface area contributed by atoms with Gasteiger partial charge in [0.2, 0.25) is 0 Å². The molecular formula is C17H20ClNO2. The van der Waals surface area contributed by atoms with Crippen LogP contribution in [-0.4, -0.2) is 7.11 Å². The second kappa shape index (κ2) is 6.83. The van der Waals surface area contributed by atoms with Crippen LogP contribution in [0.5, 0.6) is 11.5 Å². The zero-order chi connectivity index (χ0) is 15.4. The summed E-state index contributed by atoms with van der Waals surface area (Å²) in [4.78, 5) is 0. The predicted molar refractivity (Wildman–Crippen MR) is 86.1 cm³/mol. The summed E-state index contributed by atoms with van der Waals surface area (Å²) in [7, 11) is 1.63. The monoisotopic (exact) mass is 305 g/mol. The molecule has 0 fully saturated rings. The highest BCUT2D eigenvalue weighted by Crippen LogP contribution is 2.26. The smallest absolute Gasteiger partial charge is 0.125 e. The van der Waals surface area contributed by atoms with Gasteiger partial charge in [-0.3, -0.25) is 0 Å². The third kappa shape index (κ3) is 3.90. The molecule has 2 rings (SSSR count). The Morgan fingerprint density at radius 1 is 1.14 bits per heavy atom. The summed E-state index contributed by atoms with van der Waals surface area (Å²) in [5.41, 5.74) is 8.96. The molecule has 0 saturated heterocycles. The Morgan fingerprint density at radius 2 is 1.86 bits per heavy atom. The van der Waals surface area contributed by atoms with Crippen LogP contribution in [0.3, 0.4) is 0 Å². The van der Waals surface area contributed by atoms with Crippen molar-refractivity contribution < 1.29 is 9.47 Å². The minimum Gasteiger partial charge on any atom is -0.496 e. The fourth-order valence-corrected chi connectivity index (χ4v) is 2.33. The number of hydrogen-bond acceptors (Lipinski definition) is 3. The second-order valence-electron chi connectivity index (χ2n) is 5.06. The zero-order valence-corrected chi connectivity index (χ0v) is 13.3. The Balaban J connectivity index is 2.15. The highest BCUT2D eigenvalue weighted by atomic mass is 35.5. The average molecular weight is 306 g/mol. The lowest BCUT2D eigenvalue weighted by atomic mass is 10.1. The van der Waals surface area contributed by atoms with Crippen LogP contribution in [0.15, 0.2) is 36.4 Å². The van der Waals surface area contributed by atoms with Gasteiger partial charge in [-0.25, -0.2) is 0 Å². The average Bonchev–Trinajstić information content (AvgIpc) is 2.46. The fraction of sp³-hybridized carbons (Fsp3) is 0.294. The highest BCUT2D eigenvalue weighted by Gasteiger charge is 2.08. The first kappa shape index (κ1) is 15.7. The Kier molecular flexibility index (Phi) is 5.10. The molecule has 2 aromatic rings. The summed E-state index contributed by atoms with van der Waals surface area (Å²) < 4.78 is 11.2. The first-order chi connectivity index (χ1) is 10.0. The molecule has 0 aliphatic carbocycles. The van der Waals surface area contributed by atoms with Crippen LogP contribution in [0.25, 0.3) is 0 Å². The minimum atomic E-state index is 0.0192. The van der Waals surface area contributed by atoms with Crippen molar-refractivity contribution in [1.29, 1.82) is 0 Å². The molecule has 0 amide bonds. The molecule has 2 N–H and O–H groups in total. The van der Waals surface area contributed by atoms with Gasteiger partial charge in [0.1, 0.15) is 18.1 Å². The van der Waals surface area contributed by atoms with Gasteiger partial charge in [-0.05, 0) is 49.2 Å². The van der Waals surface area contributed by atoms with Crippen molar-refractivity contribution >= 4 is 11.6 Å². The molecule has 0 aliphatic rings. The number of benzene rings is 2. The van der Waals surface area contributed by atoms with Gasteiger partial charge in [0.05, 0.1) is 7.11 Å². The molecule has 0 bridgehead atoms. The summed E-state index contributed by atoms with van der Waals surface area (Å²) in [5, 5.41) is 0.665. The van der Waals surface area contributed by atoms with Crippen LogP contribution in [0.1, 0.15) is 29.7 Å².